The Morgan fingerprint density at radius 1 is 1.14 bits per heavy atom. The first-order valence-corrected chi connectivity index (χ1v) is 9.22. The number of ether oxygens (including phenoxy) is 1. The highest BCUT2D eigenvalue weighted by atomic mass is 31.2. The summed E-state index contributed by atoms with van der Waals surface area (Å²) in [6, 6.07) is 8.24. The zero-order valence-electron chi connectivity index (χ0n) is 13.9. The van der Waals surface area contributed by atoms with Gasteiger partial charge in [0, 0.05) is 0 Å². The van der Waals surface area contributed by atoms with Crippen molar-refractivity contribution in [3.63, 3.8) is 0 Å². The summed E-state index contributed by atoms with van der Waals surface area (Å²) in [4.78, 5) is 11.9. The van der Waals surface area contributed by atoms with E-state index < -0.39 is 19.5 Å². The van der Waals surface area contributed by atoms with Gasteiger partial charge in [-0.25, -0.2) is 5.09 Å². The summed E-state index contributed by atoms with van der Waals surface area (Å²) in [5.41, 5.74) is -0.270. The van der Waals surface area contributed by atoms with E-state index in [0.717, 1.165) is 0 Å². The van der Waals surface area contributed by atoms with Crippen molar-refractivity contribution < 1.29 is 18.6 Å². The number of esters is 1. The summed E-state index contributed by atoms with van der Waals surface area (Å²) in [7, 11) is -3.22. The summed E-state index contributed by atoms with van der Waals surface area (Å²) in [6.07, 6.45) is 0. The van der Waals surface area contributed by atoms with Gasteiger partial charge in [-0.1, -0.05) is 45.9 Å². The molecular weight excluding hydrogens is 301 g/mol. The van der Waals surface area contributed by atoms with Gasteiger partial charge < -0.3 is 9.26 Å². The van der Waals surface area contributed by atoms with Crippen LogP contribution in [0.25, 0.3) is 0 Å². The van der Waals surface area contributed by atoms with Gasteiger partial charge in [-0.15, -0.1) is 0 Å². The van der Waals surface area contributed by atoms with Gasteiger partial charge in [-0.3, -0.25) is 9.36 Å². The predicted octanol–water partition coefficient (Wildman–Crippen LogP) is 3.84. The Hall–Kier alpha value is -1.32. The van der Waals surface area contributed by atoms with Crippen LogP contribution in [0, 0.1) is 5.92 Å². The van der Waals surface area contributed by atoms with Crippen LogP contribution in [0.2, 0.25) is 0 Å². The number of benzene rings is 1. The van der Waals surface area contributed by atoms with Crippen LogP contribution < -0.4 is 9.61 Å². The SMILES string of the molecule is CC(C)COC(=O)[C@H](C)NP(=O)(Oc1ccccc1)C(C)C. The van der Waals surface area contributed by atoms with E-state index in [4.69, 9.17) is 9.26 Å². The minimum absolute atomic E-state index is 0.258. The predicted molar refractivity (Wildman–Crippen MR) is 88.2 cm³/mol. The van der Waals surface area contributed by atoms with Crippen molar-refractivity contribution in [2.75, 3.05) is 6.61 Å². The summed E-state index contributed by atoms with van der Waals surface area (Å²) >= 11 is 0. The molecule has 0 spiro atoms. The molecule has 0 saturated carbocycles. The van der Waals surface area contributed by atoms with Crippen LogP contribution >= 0.6 is 7.52 Å². The zero-order valence-corrected chi connectivity index (χ0v) is 14.8. The van der Waals surface area contributed by atoms with E-state index >= 15 is 0 Å². The molecule has 0 aromatic heterocycles. The largest absolute Gasteiger partial charge is 0.464 e. The summed E-state index contributed by atoms with van der Waals surface area (Å²) in [5, 5.41) is 2.82. The van der Waals surface area contributed by atoms with Crippen molar-refractivity contribution in [1.82, 2.24) is 5.09 Å². The first kappa shape index (κ1) is 18.7. The van der Waals surface area contributed by atoms with E-state index in [1.165, 1.54) is 0 Å². The quantitative estimate of drug-likeness (QED) is 0.580. The lowest BCUT2D eigenvalue weighted by Gasteiger charge is -2.26. The Bertz CT molecular complexity index is 516. The molecule has 0 aliphatic heterocycles. The standard InChI is InChI=1S/C16H26NO4P/c1-12(2)11-20-16(18)14(5)17-22(19,13(3)4)21-15-9-7-6-8-10-15/h6-10,12-14H,11H2,1-5H3,(H,17,19)/t14-,22?/m0/s1. The maximum atomic E-state index is 13.0. The van der Waals surface area contributed by atoms with Crippen molar-refractivity contribution in [3.8, 4) is 5.75 Å². The van der Waals surface area contributed by atoms with Crippen LogP contribution in [0.3, 0.4) is 0 Å². The van der Waals surface area contributed by atoms with Crippen LogP contribution in [-0.4, -0.2) is 24.3 Å². The normalized spacial score (nSPS) is 15.4. The van der Waals surface area contributed by atoms with Crippen LogP contribution in [0.15, 0.2) is 30.3 Å². The summed E-state index contributed by atoms with van der Waals surface area (Å²) < 4.78 is 23.8. The van der Waals surface area contributed by atoms with Crippen LogP contribution in [-0.2, 0) is 14.1 Å². The maximum Gasteiger partial charge on any atom is 0.323 e. The van der Waals surface area contributed by atoms with Crippen molar-refractivity contribution in [3.05, 3.63) is 30.3 Å². The molecule has 124 valence electrons. The van der Waals surface area contributed by atoms with Crippen molar-refractivity contribution in [2.45, 2.75) is 46.3 Å². The minimum atomic E-state index is -3.22. The van der Waals surface area contributed by atoms with Crippen LogP contribution in [0.5, 0.6) is 5.75 Å². The highest BCUT2D eigenvalue weighted by Gasteiger charge is 2.33. The summed E-state index contributed by atoms with van der Waals surface area (Å²) in [6.45, 7) is 9.49. The van der Waals surface area contributed by atoms with Crippen LogP contribution in [0.4, 0.5) is 0 Å². The number of nitrogens with one attached hydrogen (secondary N) is 1. The van der Waals surface area contributed by atoms with Gasteiger partial charge in [0.25, 0.3) is 0 Å². The van der Waals surface area contributed by atoms with Gasteiger partial charge in [-0.2, -0.15) is 0 Å². The molecule has 0 amide bonds. The van der Waals surface area contributed by atoms with Crippen LogP contribution in [0.1, 0.15) is 34.6 Å². The highest BCUT2D eigenvalue weighted by Crippen LogP contribution is 2.48. The fourth-order valence-electron chi connectivity index (χ4n) is 1.62. The van der Waals surface area contributed by atoms with Crippen molar-refractivity contribution >= 4 is 13.5 Å². The van der Waals surface area contributed by atoms with Gasteiger partial charge in [0.15, 0.2) is 0 Å². The Kier molecular flexibility index (Phi) is 7.11. The lowest BCUT2D eigenvalue weighted by molar-refractivity contribution is -0.146. The summed E-state index contributed by atoms with van der Waals surface area (Å²) in [5.74, 6) is 0.342. The van der Waals surface area contributed by atoms with E-state index in [9.17, 15) is 9.36 Å². The molecule has 1 unspecified atom stereocenters. The van der Waals surface area contributed by atoms with Gasteiger partial charge in [0.05, 0.1) is 12.3 Å². The Balaban J connectivity index is 2.74. The molecule has 0 bridgehead atoms. The van der Waals surface area contributed by atoms with Gasteiger partial charge >= 0.3 is 13.5 Å². The number of hydrogen-bond donors (Lipinski definition) is 1. The zero-order chi connectivity index (χ0) is 16.8. The van der Waals surface area contributed by atoms with E-state index in [-0.39, 0.29) is 11.6 Å². The lowest BCUT2D eigenvalue weighted by Crippen LogP contribution is -2.37. The average molecular weight is 327 g/mol. The number of carbonyl (C=O) groups is 1. The molecule has 1 aromatic rings. The first-order chi connectivity index (χ1) is 10.2. The molecule has 1 rings (SSSR count). The van der Waals surface area contributed by atoms with Gasteiger partial charge in [0.1, 0.15) is 11.8 Å². The molecule has 0 aliphatic rings. The third kappa shape index (κ3) is 5.82. The lowest BCUT2D eigenvalue weighted by atomic mass is 10.2. The molecule has 2 atom stereocenters. The third-order valence-corrected chi connectivity index (χ3v) is 5.54. The number of hydrogen-bond acceptors (Lipinski definition) is 4. The fraction of sp³-hybridized carbons (Fsp3) is 0.562. The molecule has 0 radical (unpaired) electrons. The molecule has 6 heteroatoms. The van der Waals surface area contributed by atoms with E-state index in [0.29, 0.717) is 12.4 Å². The van der Waals surface area contributed by atoms with Crippen molar-refractivity contribution in [1.29, 1.82) is 0 Å². The molecule has 0 fully saturated rings. The van der Waals surface area contributed by atoms with E-state index in [1.807, 2.05) is 19.9 Å². The molecule has 0 heterocycles. The third-order valence-electron chi connectivity index (χ3n) is 2.95. The smallest absolute Gasteiger partial charge is 0.323 e. The number of rotatable bonds is 8. The molecule has 22 heavy (non-hydrogen) atoms. The van der Waals surface area contributed by atoms with Gasteiger partial charge in [-0.05, 0) is 25.0 Å². The molecule has 0 aliphatic carbocycles. The Labute approximate surface area is 132 Å². The van der Waals surface area contributed by atoms with E-state index in [2.05, 4.69) is 5.09 Å². The average Bonchev–Trinajstić information content (AvgIpc) is 2.45. The van der Waals surface area contributed by atoms with E-state index in [1.54, 1.807) is 45.0 Å². The molecule has 0 saturated heterocycles. The topological polar surface area (TPSA) is 64.6 Å². The molecule has 5 nitrogen and oxygen atoms in total. The molecule has 1 N–H and O–H groups in total. The van der Waals surface area contributed by atoms with Gasteiger partial charge in [0.2, 0.25) is 0 Å². The van der Waals surface area contributed by atoms with Crippen molar-refractivity contribution in [2.24, 2.45) is 5.92 Å². The first-order valence-electron chi connectivity index (χ1n) is 7.53. The Morgan fingerprint density at radius 2 is 1.73 bits per heavy atom. The Morgan fingerprint density at radius 3 is 2.23 bits per heavy atom. The number of para-hydroxylation sites is 1. The fourth-order valence-corrected chi connectivity index (χ4v) is 3.26. The monoisotopic (exact) mass is 327 g/mol. The second kappa shape index (κ2) is 8.35. The second-order valence-electron chi connectivity index (χ2n) is 5.97. The molecule has 1 aromatic carbocycles. The number of carbonyl (C=O) groups excluding carboxylic acids is 1. The minimum Gasteiger partial charge on any atom is -0.464 e. The second-order valence-corrected chi connectivity index (χ2v) is 8.64. The highest BCUT2D eigenvalue weighted by molar-refractivity contribution is 7.58. The molecular formula is C16H26NO4P. The maximum absolute atomic E-state index is 13.0.